The molecule has 0 bridgehead atoms. The summed E-state index contributed by atoms with van der Waals surface area (Å²) >= 11 is 0. The Balaban J connectivity index is 2.95. The van der Waals surface area contributed by atoms with E-state index in [1.165, 1.54) is 5.56 Å². The molecule has 0 aliphatic rings. The van der Waals surface area contributed by atoms with Gasteiger partial charge in [0.15, 0.2) is 0 Å². The molecule has 1 atom stereocenters. The second-order valence-corrected chi connectivity index (χ2v) is 3.49. The summed E-state index contributed by atoms with van der Waals surface area (Å²) < 4.78 is 0. The molecule has 0 aliphatic heterocycles. The third-order valence-electron chi connectivity index (χ3n) is 2.28. The van der Waals surface area contributed by atoms with Crippen LogP contribution < -0.4 is 11.5 Å². The number of hydrogen-bond donors (Lipinski definition) is 3. The van der Waals surface area contributed by atoms with Crippen LogP contribution >= 0.6 is 0 Å². The fourth-order valence-corrected chi connectivity index (χ4v) is 1.47. The summed E-state index contributed by atoms with van der Waals surface area (Å²) in [5.41, 5.74) is 13.2. The van der Waals surface area contributed by atoms with Crippen LogP contribution in [0.4, 0.5) is 0 Å². The maximum atomic E-state index is 9.57. The lowest BCUT2D eigenvalue weighted by molar-refractivity contribution is 0.461. The summed E-state index contributed by atoms with van der Waals surface area (Å²) in [5.74, 6) is 0.239. The molecule has 3 heteroatoms. The quantitative estimate of drug-likeness (QED) is 0.676. The Kier molecular flexibility index (Phi) is 3.92. The van der Waals surface area contributed by atoms with Crippen LogP contribution in [0.3, 0.4) is 0 Å². The molecule has 0 spiro atoms. The molecule has 0 unspecified atom stereocenters. The van der Waals surface area contributed by atoms with Crippen molar-refractivity contribution >= 4 is 0 Å². The molecule has 78 valence electrons. The average molecular weight is 194 g/mol. The Labute approximate surface area is 84.7 Å². The molecule has 3 nitrogen and oxygen atoms in total. The van der Waals surface area contributed by atoms with Crippen molar-refractivity contribution in [1.29, 1.82) is 0 Å². The topological polar surface area (TPSA) is 72.3 Å². The van der Waals surface area contributed by atoms with E-state index in [2.05, 4.69) is 6.92 Å². The first-order valence-corrected chi connectivity index (χ1v) is 4.96. The number of aryl methyl sites for hydroxylation is 1. The van der Waals surface area contributed by atoms with Gasteiger partial charge in [0.25, 0.3) is 0 Å². The molecule has 0 saturated carbocycles. The molecule has 0 radical (unpaired) electrons. The highest BCUT2D eigenvalue weighted by Gasteiger charge is 2.09. The van der Waals surface area contributed by atoms with E-state index in [1.807, 2.05) is 12.1 Å². The summed E-state index contributed by atoms with van der Waals surface area (Å²) in [4.78, 5) is 0. The van der Waals surface area contributed by atoms with Gasteiger partial charge in [0.2, 0.25) is 0 Å². The summed E-state index contributed by atoms with van der Waals surface area (Å²) in [7, 11) is 0. The first kappa shape index (κ1) is 11.0. The molecule has 5 N–H and O–H groups in total. The smallest absolute Gasteiger partial charge is 0.120 e. The predicted molar refractivity (Wildman–Crippen MR) is 58.1 cm³/mol. The summed E-state index contributed by atoms with van der Waals surface area (Å²) in [6.45, 7) is 2.47. The molecular weight excluding hydrogens is 176 g/mol. The number of rotatable bonds is 4. The fourth-order valence-electron chi connectivity index (χ4n) is 1.47. The first-order valence-electron chi connectivity index (χ1n) is 4.96. The Morgan fingerprint density at radius 1 is 1.43 bits per heavy atom. The standard InChI is InChI=1S/C11H18N2O/c1-2-3-8-4-5-11(14)9(6-8)10(13)7-12/h4-6,10,14H,2-3,7,12-13H2,1H3/t10-/m1/s1. The third-order valence-corrected chi connectivity index (χ3v) is 2.28. The molecule has 14 heavy (non-hydrogen) atoms. The van der Waals surface area contributed by atoms with Crippen LogP contribution in [0.5, 0.6) is 5.75 Å². The van der Waals surface area contributed by atoms with Crippen molar-refractivity contribution in [2.24, 2.45) is 11.5 Å². The lowest BCUT2D eigenvalue weighted by atomic mass is 10.0. The SMILES string of the molecule is CCCc1ccc(O)c([C@H](N)CN)c1. The van der Waals surface area contributed by atoms with Crippen molar-refractivity contribution in [3.8, 4) is 5.75 Å². The summed E-state index contributed by atoms with van der Waals surface area (Å²) in [6, 6.07) is 5.28. The molecule has 1 aromatic rings. The minimum Gasteiger partial charge on any atom is -0.508 e. The Hall–Kier alpha value is -1.06. The van der Waals surface area contributed by atoms with Crippen molar-refractivity contribution in [3.63, 3.8) is 0 Å². The number of aromatic hydroxyl groups is 1. The minimum atomic E-state index is -0.271. The van der Waals surface area contributed by atoms with Gasteiger partial charge in [0.05, 0.1) is 0 Å². The molecule has 0 amide bonds. The van der Waals surface area contributed by atoms with E-state index in [0.717, 1.165) is 18.4 Å². The number of phenolic OH excluding ortho intramolecular Hbond substituents is 1. The van der Waals surface area contributed by atoms with Gasteiger partial charge in [-0.05, 0) is 18.1 Å². The molecule has 1 aromatic carbocycles. The summed E-state index contributed by atoms with van der Waals surface area (Å²) in [6.07, 6.45) is 2.09. The van der Waals surface area contributed by atoms with Crippen LogP contribution in [0.15, 0.2) is 18.2 Å². The van der Waals surface area contributed by atoms with Crippen LogP contribution in [0.2, 0.25) is 0 Å². The van der Waals surface area contributed by atoms with E-state index < -0.39 is 0 Å². The van der Waals surface area contributed by atoms with Gasteiger partial charge in [0, 0.05) is 18.2 Å². The maximum Gasteiger partial charge on any atom is 0.120 e. The van der Waals surface area contributed by atoms with Gasteiger partial charge >= 0.3 is 0 Å². The van der Waals surface area contributed by atoms with Crippen LogP contribution in [0.25, 0.3) is 0 Å². The molecular formula is C11H18N2O. The van der Waals surface area contributed by atoms with Gasteiger partial charge in [-0.2, -0.15) is 0 Å². The van der Waals surface area contributed by atoms with E-state index in [1.54, 1.807) is 6.07 Å². The highest BCUT2D eigenvalue weighted by molar-refractivity contribution is 5.38. The van der Waals surface area contributed by atoms with Crippen molar-refractivity contribution in [2.45, 2.75) is 25.8 Å². The van der Waals surface area contributed by atoms with Gasteiger partial charge in [-0.1, -0.05) is 25.5 Å². The summed E-state index contributed by atoms with van der Waals surface area (Å²) in [5, 5.41) is 9.57. The Morgan fingerprint density at radius 2 is 2.14 bits per heavy atom. The van der Waals surface area contributed by atoms with Crippen molar-refractivity contribution < 1.29 is 5.11 Å². The van der Waals surface area contributed by atoms with E-state index in [9.17, 15) is 5.11 Å². The van der Waals surface area contributed by atoms with Crippen LogP contribution in [0, 0.1) is 0 Å². The largest absolute Gasteiger partial charge is 0.508 e. The second-order valence-electron chi connectivity index (χ2n) is 3.49. The zero-order valence-electron chi connectivity index (χ0n) is 8.53. The van der Waals surface area contributed by atoms with E-state index >= 15 is 0 Å². The number of benzene rings is 1. The lowest BCUT2D eigenvalue weighted by Crippen LogP contribution is -2.20. The van der Waals surface area contributed by atoms with E-state index in [4.69, 9.17) is 11.5 Å². The van der Waals surface area contributed by atoms with Gasteiger partial charge < -0.3 is 16.6 Å². The first-order chi connectivity index (χ1) is 6.69. The second kappa shape index (κ2) is 4.98. The molecule has 0 saturated heterocycles. The number of hydrogen-bond acceptors (Lipinski definition) is 3. The fraction of sp³-hybridized carbons (Fsp3) is 0.455. The molecule has 0 heterocycles. The van der Waals surface area contributed by atoms with Gasteiger partial charge in [-0.25, -0.2) is 0 Å². The van der Waals surface area contributed by atoms with Crippen molar-refractivity contribution in [3.05, 3.63) is 29.3 Å². The minimum absolute atomic E-state index is 0.239. The van der Waals surface area contributed by atoms with Crippen LogP contribution in [-0.2, 0) is 6.42 Å². The number of phenols is 1. The third kappa shape index (κ3) is 2.47. The Bertz CT molecular complexity index is 299. The highest BCUT2D eigenvalue weighted by atomic mass is 16.3. The lowest BCUT2D eigenvalue weighted by Gasteiger charge is -2.12. The van der Waals surface area contributed by atoms with Gasteiger partial charge in [-0.3, -0.25) is 0 Å². The zero-order valence-corrected chi connectivity index (χ0v) is 8.53. The molecule has 0 fully saturated rings. The van der Waals surface area contributed by atoms with E-state index in [-0.39, 0.29) is 11.8 Å². The normalized spacial score (nSPS) is 12.8. The zero-order chi connectivity index (χ0) is 10.6. The number of nitrogens with two attached hydrogens (primary N) is 2. The average Bonchev–Trinajstić information content (AvgIpc) is 2.20. The molecule has 0 aromatic heterocycles. The van der Waals surface area contributed by atoms with Gasteiger partial charge in [0.1, 0.15) is 5.75 Å². The Morgan fingerprint density at radius 3 is 2.71 bits per heavy atom. The van der Waals surface area contributed by atoms with Crippen LogP contribution in [0.1, 0.15) is 30.5 Å². The van der Waals surface area contributed by atoms with Crippen molar-refractivity contribution in [1.82, 2.24) is 0 Å². The molecule has 1 rings (SSSR count). The van der Waals surface area contributed by atoms with Crippen LogP contribution in [-0.4, -0.2) is 11.7 Å². The van der Waals surface area contributed by atoms with E-state index in [0.29, 0.717) is 6.54 Å². The molecule has 0 aliphatic carbocycles. The maximum absolute atomic E-state index is 9.57. The van der Waals surface area contributed by atoms with Crippen molar-refractivity contribution in [2.75, 3.05) is 6.54 Å². The highest BCUT2D eigenvalue weighted by Crippen LogP contribution is 2.23. The predicted octanol–water partition coefficient (Wildman–Crippen LogP) is 1.30. The monoisotopic (exact) mass is 194 g/mol. The van der Waals surface area contributed by atoms with Gasteiger partial charge in [-0.15, -0.1) is 0 Å².